The minimum absolute atomic E-state index is 0.0301. The molecule has 0 radical (unpaired) electrons. The lowest BCUT2D eigenvalue weighted by atomic mass is 10.0. The number of carbonyl (C=O) groups excluding carboxylic acids is 1. The fourth-order valence-corrected chi connectivity index (χ4v) is 6.47. The zero-order valence-corrected chi connectivity index (χ0v) is 28.2. The highest BCUT2D eigenvalue weighted by Gasteiger charge is 2.39. The van der Waals surface area contributed by atoms with Crippen LogP contribution in [0.15, 0.2) is 72.8 Å². The highest BCUT2D eigenvalue weighted by atomic mass is 28.4. The van der Waals surface area contributed by atoms with Crippen molar-refractivity contribution in [2.24, 2.45) is 0 Å². The minimum atomic E-state index is -2.12. The zero-order chi connectivity index (χ0) is 32.1. The monoisotopic (exact) mass is 616 g/mol. The maximum absolute atomic E-state index is 12.9. The average molecular weight is 617 g/mol. The number of aliphatic hydroxyl groups excluding tert-OH is 1. The molecule has 0 saturated carbocycles. The number of hydrogen-bond donors (Lipinski definition) is 3. The summed E-state index contributed by atoms with van der Waals surface area (Å²) < 4.78 is 14.3. The van der Waals surface area contributed by atoms with E-state index in [4.69, 9.17) is 9.16 Å². The third-order valence-corrected chi connectivity index (χ3v) is 13.2. The minimum Gasteiger partial charge on any atom is -0.508 e. The lowest BCUT2D eigenvalue weighted by Crippen LogP contribution is -2.44. The van der Waals surface area contributed by atoms with Crippen LogP contribution in [0.25, 0.3) is 10.9 Å². The average Bonchev–Trinajstić information content (AvgIpc) is 3.33. The number of carbonyl (C=O) groups is 1. The molecule has 1 heterocycles. The molecular weight excluding hydrogens is 568 g/mol. The van der Waals surface area contributed by atoms with Gasteiger partial charge in [0.2, 0.25) is 0 Å². The van der Waals surface area contributed by atoms with E-state index in [-0.39, 0.29) is 35.5 Å². The number of hydrogen-bond acceptors (Lipinski definition) is 6. The van der Waals surface area contributed by atoms with Crippen molar-refractivity contribution >= 4 is 25.2 Å². The van der Waals surface area contributed by atoms with E-state index >= 15 is 0 Å². The second kappa shape index (κ2) is 14.1. The molecule has 0 aliphatic rings. The maximum Gasteiger partial charge on any atom is 0.354 e. The van der Waals surface area contributed by atoms with Crippen LogP contribution in [0, 0.1) is 0 Å². The van der Waals surface area contributed by atoms with Crippen LogP contribution in [-0.2, 0) is 28.7 Å². The summed E-state index contributed by atoms with van der Waals surface area (Å²) >= 11 is 0. The lowest BCUT2D eigenvalue weighted by Gasteiger charge is -2.40. The van der Waals surface area contributed by atoms with Gasteiger partial charge in [0.25, 0.3) is 0 Å². The standard InChI is InChI=1S/C36H48N2O5Si/c1-8-42-35(41)32-21-29-19-27(14-16-31(29)38(32)23-26-12-10-9-11-13-26)18-25(2)37-22-34(43-44(6,7)36(3,4)5)28-15-17-33(40)30(20-28)24-39/h9-17,19-21,25,34,37,39-40H,8,18,22-24H2,1-7H3/t25-,34+/m1/s1. The Morgan fingerprint density at radius 3 is 2.39 bits per heavy atom. The number of aromatic nitrogens is 1. The first-order chi connectivity index (χ1) is 20.8. The fraction of sp³-hybridized carbons (Fsp3) is 0.417. The van der Waals surface area contributed by atoms with Gasteiger partial charge in [0.15, 0.2) is 8.32 Å². The third kappa shape index (κ3) is 7.98. The van der Waals surface area contributed by atoms with E-state index in [0.29, 0.717) is 31.0 Å². The van der Waals surface area contributed by atoms with Gasteiger partial charge in [0.1, 0.15) is 11.4 Å². The van der Waals surface area contributed by atoms with E-state index in [2.05, 4.69) is 76.4 Å². The normalized spacial score (nSPS) is 13.6. The molecule has 4 aromatic rings. The first-order valence-electron chi connectivity index (χ1n) is 15.5. The number of ether oxygens (including phenoxy) is 1. The van der Waals surface area contributed by atoms with Gasteiger partial charge in [-0.15, -0.1) is 0 Å². The molecule has 0 bridgehead atoms. The second-order valence-electron chi connectivity index (χ2n) is 13.1. The molecule has 0 aliphatic heterocycles. The molecule has 3 N–H and O–H groups in total. The number of benzene rings is 3. The lowest BCUT2D eigenvalue weighted by molar-refractivity contribution is 0.0515. The Balaban J connectivity index is 1.54. The molecular formula is C36H48N2O5Si. The maximum atomic E-state index is 12.9. The van der Waals surface area contributed by atoms with E-state index in [9.17, 15) is 15.0 Å². The SMILES string of the molecule is CCOC(=O)c1cc2cc(C[C@@H](C)NC[C@H](O[Si](C)(C)C(C)(C)C)c3ccc(O)c(CO)c3)ccc2n1Cc1ccccc1. The van der Waals surface area contributed by atoms with Gasteiger partial charge in [-0.25, -0.2) is 4.79 Å². The molecule has 8 heteroatoms. The molecule has 236 valence electrons. The molecule has 0 spiro atoms. The third-order valence-electron chi connectivity index (χ3n) is 8.72. The van der Waals surface area contributed by atoms with E-state index < -0.39 is 8.32 Å². The van der Waals surface area contributed by atoms with Crippen LogP contribution in [0.1, 0.15) is 73.5 Å². The van der Waals surface area contributed by atoms with Crippen LogP contribution >= 0.6 is 0 Å². The quantitative estimate of drug-likeness (QED) is 0.107. The van der Waals surface area contributed by atoms with Gasteiger partial charge < -0.3 is 29.3 Å². The molecule has 0 aliphatic carbocycles. The van der Waals surface area contributed by atoms with E-state index in [1.54, 1.807) is 6.07 Å². The van der Waals surface area contributed by atoms with Crippen LogP contribution in [0.3, 0.4) is 0 Å². The van der Waals surface area contributed by atoms with Crippen molar-refractivity contribution in [3.8, 4) is 5.75 Å². The van der Waals surface area contributed by atoms with Crippen molar-refractivity contribution in [1.82, 2.24) is 9.88 Å². The van der Waals surface area contributed by atoms with Gasteiger partial charge in [-0.2, -0.15) is 0 Å². The van der Waals surface area contributed by atoms with Crippen LogP contribution in [0.2, 0.25) is 18.1 Å². The molecule has 44 heavy (non-hydrogen) atoms. The Hall–Kier alpha value is -3.43. The summed E-state index contributed by atoms with van der Waals surface area (Å²) in [6.07, 6.45) is 0.560. The van der Waals surface area contributed by atoms with E-state index in [1.165, 1.54) is 5.56 Å². The number of aromatic hydroxyl groups is 1. The van der Waals surface area contributed by atoms with Crippen molar-refractivity contribution < 1.29 is 24.2 Å². The molecule has 7 nitrogen and oxygen atoms in total. The highest BCUT2D eigenvalue weighted by Crippen LogP contribution is 2.40. The number of phenols is 1. The highest BCUT2D eigenvalue weighted by molar-refractivity contribution is 6.74. The van der Waals surface area contributed by atoms with Crippen molar-refractivity contribution in [1.29, 1.82) is 0 Å². The molecule has 2 atom stereocenters. The van der Waals surface area contributed by atoms with Gasteiger partial charge in [0, 0.05) is 35.6 Å². The van der Waals surface area contributed by atoms with Crippen molar-refractivity contribution in [2.75, 3.05) is 13.2 Å². The van der Waals surface area contributed by atoms with Gasteiger partial charge >= 0.3 is 5.97 Å². The van der Waals surface area contributed by atoms with Gasteiger partial charge in [-0.05, 0) is 85.4 Å². The molecule has 0 saturated heterocycles. The molecule has 3 aromatic carbocycles. The fourth-order valence-electron chi connectivity index (χ4n) is 5.18. The predicted molar refractivity (Wildman–Crippen MR) is 180 cm³/mol. The summed E-state index contributed by atoms with van der Waals surface area (Å²) in [5.74, 6) is -0.231. The largest absolute Gasteiger partial charge is 0.508 e. The smallest absolute Gasteiger partial charge is 0.354 e. The van der Waals surface area contributed by atoms with E-state index in [1.807, 2.05) is 47.9 Å². The van der Waals surface area contributed by atoms with Crippen LogP contribution in [-0.4, -0.2) is 48.3 Å². The number of nitrogens with one attached hydrogen (secondary N) is 1. The predicted octanol–water partition coefficient (Wildman–Crippen LogP) is 7.35. The molecule has 0 fully saturated rings. The first kappa shape index (κ1) is 33.5. The summed E-state index contributed by atoms with van der Waals surface area (Å²) in [5.41, 5.74) is 5.26. The number of esters is 1. The van der Waals surface area contributed by atoms with Gasteiger partial charge in [-0.1, -0.05) is 63.2 Å². The van der Waals surface area contributed by atoms with Gasteiger partial charge in [-0.3, -0.25) is 0 Å². The Bertz CT molecular complexity index is 1560. The summed E-state index contributed by atoms with van der Waals surface area (Å²) in [6, 6.07) is 24.0. The number of fused-ring (bicyclic) bond motifs is 1. The Labute approximate surface area is 263 Å². The van der Waals surface area contributed by atoms with Crippen molar-refractivity contribution in [3.05, 3.63) is 101 Å². The zero-order valence-electron chi connectivity index (χ0n) is 27.2. The molecule has 4 rings (SSSR count). The Morgan fingerprint density at radius 2 is 1.73 bits per heavy atom. The Morgan fingerprint density at radius 1 is 1.00 bits per heavy atom. The van der Waals surface area contributed by atoms with Crippen LogP contribution in [0.5, 0.6) is 5.75 Å². The van der Waals surface area contributed by atoms with Crippen LogP contribution in [0.4, 0.5) is 0 Å². The topological polar surface area (TPSA) is 93.0 Å². The van der Waals surface area contributed by atoms with E-state index in [0.717, 1.165) is 28.5 Å². The van der Waals surface area contributed by atoms with Crippen LogP contribution < -0.4 is 5.32 Å². The number of nitrogens with zero attached hydrogens (tertiary/aromatic N) is 1. The summed E-state index contributed by atoms with van der Waals surface area (Å²) in [5, 5.41) is 24.6. The Kier molecular flexibility index (Phi) is 10.7. The van der Waals surface area contributed by atoms with Crippen molar-refractivity contribution in [3.63, 3.8) is 0 Å². The molecule has 0 unspecified atom stereocenters. The second-order valence-corrected chi connectivity index (χ2v) is 17.9. The van der Waals surface area contributed by atoms with Crippen molar-refractivity contribution in [2.45, 2.75) is 84.5 Å². The van der Waals surface area contributed by atoms with Gasteiger partial charge in [0.05, 0.1) is 19.3 Å². The molecule has 1 aromatic heterocycles. The summed E-state index contributed by atoms with van der Waals surface area (Å²) in [7, 11) is -2.12. The number of aliphatic hydroxyl groups is 1. The summed E-state index contributed by atoms with van der Waals surface area (Å²) in [4.78, 5) is 12.9. The summed E-state index contributed by atoms with van der Waals surface area (Å²) in [6.45, 7) is 16.4. The first-order valence-corrected chi connectivity index (χ1v) is 18.4. The molecule has 0 amide bonds. The number of rotatable bonds is 13.